The van der Waals surface area contributed by atoms with Crippen LogP contribution in [0.4, 0.5) is 0 Å². The van der Waals surface area contributed by atoms with Crippen LogP contribution in [0.25, 0.3) is 0 Å². The Labute approximate surface area is 148 Å². The van der Waals surface area contributed by atoms with Crippen LogP contribution >= 0.6 is 11.8 Å². The third-order valence-electron chi connectivity index (χ3n) is 3.35. The number of amidine groups is 1. The van der Waals surface area contributed by atoms with Gasteiger partial charge in [0.1, 0.15) is 24.2 Å². The van der Waals surface area contributed by atoms with Gasteiger partial charge in [0.25, 0.3) is 0 Å². The van der Waals surface area contributed by atoms with Crippen LogP contribution < -0.4 is 5.48 Å². The SMILES string of the molecule is CONC1=N[C@@H]2[C@@H](OC(C)=O)[C@H](OC(C)=O)[C@@H](COC(C)=O)O[C@@H]2S1. The highest BCUT2D eigenvalue weighted by atomic mass is 32.2. The lowest BCUT2D eigenvalue weighted by Crippen LogP contribution is -2.59. The zero-order valence-electron chi connectivity index (χ0n) is 14.2. The van der Waals surface area contributed by atoms with Gasteiger partial charge in [0.15, 0.2) is 17.4 Å². The van der Waals surface area contributed by atoms with E-state index in [4.69, 9.17) is 23.8 Å². The summed E-state index contributed by atoms with van der Waals surface area (Å²) in [4.78, 5) is 43.3. The largest absolute Gasteiger partial charge is 0.463 e. The van der Waals surface area contributed by atoms with Crippen LogP contribution in [0, 0.1) is 0 Å². The van der Waals surface area contributed by atoms with Gasteiger partial charge in [0.2, 0.25) is 0 Å². The van der Waals surface area contributed by atoms with Crippen molar-refractivity contribution < 1.29 is 38.2 Å². The van der Waals surface area contributed by atoms with Crippen LogP contribution in [0.15, 0.2) is 4.99 Å². The number of carbonyl (C=O) groups is 3. The number of rotatable bonds is 5. The summed E-state index contributed by atoms with van der Waals surface area (Å²) in [6, 6.07) is -0.607. The second-order valence-corrected chi connectivity index (χ2v) is 6.43. The number of aliphatic imine (C=N–C) groups is 1. The number of thioether (sulfide) groups is 1. The van der Waals surface area contributed by atoms with E-state index in [0.29, 0.717) is 5.17 Å². The van der Waals surface area contributed by atoms with Gasteiger partial charge in [0.05, 0.1) is 7.11 Å². The van der Waals surface area contributed by atoms with E-state index in [1.807, 2.05) is 0 Å². The molecule has 10 nitrogen and oxygen atoms in total. The van der Waals surface area contributed by atoms with E-state index in [-0.39, 0.29) is 6.61 Å². The summed E-state index contributed by atoms with van der Waals surface area (Å²) in [6.07, 6.45) is -2.65. The number of esters is 3. The molecule has 0 aromatic heterocycles. The molecule has 0 aliphatic carbocycles. The Morgan fingerprint density at radius 2 is 1.76 bits per heavy atom. The van der Waals surface area contributed by atoms with Crippen molar-refractivity contribution in [1.29, 1.82) is 0 Å². The van der Waals surface area contributed by atoms with Gasteiger partial charge in [-0.15, -0.1) is 0 Å². The Morgan fingerprint density at radius 1 is 1.12 bits per heavy atom. The van der Waals surface area contributed by atoms with Crippen molar-refractivity contribution in [2.75, 3.05) is 13.7 Å². The molecule has 0 aromatic rings. The summed E-state index contributed by atoms with van der Waals surface area (Å²) in [7, 11) is 1.43. The molecule has 2 rings (SSSR count). The molecule has 140 valence electrons. The number of hydrogen-bond donors (Lipinski definition) is 1. The van der Waals surface area contributed by atoms with Gasteiger partial charge >= 0.3 is 17.9 Å². The molecule has 2 heterocycles. The molecule has 5 atom stereocenters. The summed E-state index contributed by atoms with van der Waals surface area (Å²) in [5.74, 6) is -1.64. The summed E-state index contributed by atoms with van der Waals surface area (Å²) in [6.45, 7) is 3.58. The minimum absolute atomic E-state index is 0.151. The molecule has 0 spiro atoms. The quantitative estimate of drug-likeness (QED) is 0.391. The van der Waals surface area contributed by atoms with Gasteiger partial charge in [-0.2, -0.15) is 0 Å². The Hall–Kier alpha value is -1.85. The first-order valence-corrected chi connectivity index (χ1v) is 8.36. The van der Waals surface area contributed by atoms with E-state index < -0.39 is 47.7 Å². The Bertz CT molecular complexity index is 569. The van der Waals surface area contributed by atoms with Crippen LogP contribution in [0.1, 0.15) is 20.8 Å². The lowest BCUT2D eigenvalue weighted by Gasteiger charge is -2.41. The first-order chi connectivity index (χ1) is 11.8. The molecule has 25 heavy (non-hydrogen) atoms. The monoisotopic (exact) mass is 376 g/mol. The van der Waals surface area contributed by atoms with E-state index in [1.165, 1.54) is 39.6 Å². The fourth-order valence-corrected chi connectivity index (χ4v) is 3.62. The number of nitrogens with one attached hydrogen (secondary N) is 1. The molecule has 0 saturated carbocycles. The van der Waals surface area contributed by atoms with E-state index >= 15 is 0 Å². The molecule has 1 saturated heterocycles. The minimum atomic E-state index is -0.965. The molecule has 0 unspecified atom stereocenters. The van der Waals surface area contributed by atoms with Gasteiger partial charge < -0.3 is 18.9 Å². The zero-order valence-corrected chi connectivity index (χ0v) is 15.0. The lowest BCUT2D eigenvalue weighted by molar-refractivity contribution is -0.208. The normalized spacial score (nSPS) is 30.7. The summed E-state index contributed by atoms with van der Waals surface area (Å²) in [5, 5.41) is 0.435. The molecule has 0 bridgehead atoms. The van der Waals surface area contributed by atoms with Gasteiger partial charge in [0, 0.05) is 20.8 Å². The Morgan fingerprint density at radius 3 is 2.32 bits per heavy atom. The van der Waals surface area contributed by atoms with Crippen molar-refractivity contribution in [3.63, 3.8) is 0 Å². The molecular weight excluding hydrogens is 356 g/mol. The molecule has 0 radical (unpaired) electrons. The van der Waals surface area contributed by atoms with Crippen LogP contribution in [0.2, 0.25) is 0 Å². The van der Waals surface area contributed by atoms with E-state index in [2.05, 4.69) is 10.5 Å². The number of hydrogen-bond acceptors (Lipinski definition) is 11. The van der Waals surface area contributed by atoms with Gasteiger partial charge in [-0.25, -0.2) is 10.5 Å². The summed E-state index contributed by atoms with van der Waals surface area (Å²) in [5.41, 5.74) is 2.08. The Kier molecular flexibility index (Phi) is 6.62. The topological polar surface area (TPSA) is 122 Å². The summed E-state index contributed by atoms with van der Waals surface area (Å²) >= 11 is 1.23. The van der Waals surface area contributed by atoms with E-state index in [9.17, 15) is 14.4 Å². The lowest BCUT2D eigenvalue weighted by atomic mass is 9.98. The predicted octanol–water partition coefficient (Wildman–Crippen LogP) is -0.240. The number of nitrogens with zero attached hydrogens (tertiary/aromatic N) is 1. The second-order valence-electron chi connectivity index (χ2n) is 5.34. The van der Waals surface area contributed by atoms with Gasteiger partial charge in [-0.3, -0.25) is 19.2 Å². The maximum absolute atomic E-state index is 11.5. The predicted molar refractivity (Wildman–Crippen MR) is 85.4 cm³/mol. The van der Waals surface area contributed by atoms with Crippen LogP contribution in [0.3, 0.4) is 0 Å². The minimum Gasteiger partial charge on any atom is -0.463 e. The average molecular weight is 376 g/mol. The maximum Gasteiger partial charge on any atom is 0.303 e. The van der Waals surface area contributed by atoms with Gasteiger partial charge in [-0.1, -0.05) is 11.8 Å². The van der Waals surface area contributed by atoms with Crippen LogP contribution in [0.5, 0.6) is 0 Å². The number of hydroxylamine groups is 1. The van der Waals surface area contributed by atoms with Crippen molar-refractivity contribution in [2.24, 2.45) is 4.99 Å². The van der Waals surface area contributed by atoms with Gasteiger partial charge in [-0.05, 0) is 0 Å². The van der Waals surface area contributed by atoms with E-state index in [0.717, 1.165) is 0 Å². The Balaban J connectivity index is 2.27. The van der Waals surface area contributed by atoms with E-state index in [1.54, 1.807) is 0 Å². The van der Waals surface area contributed by atoms with Crippen molar-refractivity contribution in [1.82, 2.24) is 5.48 Å². The fourth-order valence-electron chi connectivity index (χ4n) is 2.53. The van der Waals surface area contributed by atoms with Crippen LogP contribution in [-0.4, -0.2) is 66.6 Å². The maximum atomic E-state index is 11.5. The first kappa shape index (κ1) is 19.5. The number of ether oxygens (including phenoxy) is 4. The molecule has 11 heteroatoms. The smallest absolute Gasteiger partial charge is 0.303 e. The average Bonchev–Trinajstić information content (AvgIpc) is 2.89. The van der Waals surface area contributed by atoms with Crippen molar-refractivity contribution in [3.05, 3.63) is 0 Å². The molecule has 2 aliphatic rings. The number of fused-ring (bicyclic) bond motifs is 1. The highest BCUT2D eigenvalue weighted by molar-refractivity contribution is 8.14. The molecule has 2 aliphatic heterocycles. The molecule has 0 amide bonds. The molecular formula is C14H20N2O8S. The highest BCUT2D eigenvalue weighted by Crippen LogP contribution is 2.38. The van der Waals surface area contributed by atoms with Crippen molar-refractivity contribution in [3.8, 4) is 0 Å². The van der Waals surface area contributed by atoms with Crippen molar-refractivity contribution >= 4 is 34.8 Å². The standard InChI is InChI=1S/C14H20N2O8S/c1-6(17)21-5-9-11(22-7(2)18)12(23-8(3)19)10-13(24-9)25-14(15-10)16-20-4/h9-13H,5H2,1-4H3,(H,15,16)/t9-,10-,11-,12-,13-/m1/s1. The highest BCUT2D eigenvalue weighted by Gasteiger charge is 2.53. The molecule has 0 aromatic carbocycles. The number of carbonyl (C=O) groups excluding carboxylic acids is 3. The fraction of sp³-hybridized carbons (Fsp3) is 0.714. The first-order valence-electron chi connectivity index (χ1n) is 7.48. The summed E-state index contributed by atoms with van der Waals surface area (Å²) < 4.78 is 21.5. The second kappa shape index (κ2) is 8.50. The molecule has 1 N–H and O–H groups in total. The van der Waals surface area contributed by atoms with Crippen LogP contribution in [-0.2, 0) is 38.2 Å². The zero-order chi connectivity index (χ0) is 18.6. The third kappa shape index (κ3) is 5.06. The van der Waals surface area contributed by atoms with Crippen molar-refractivity contribution in [2.45, 2.75) is 50.6 Å². The molecule has 1 fully saturated rings. The third-order valence-corrected chi connectivity index (χ3v) is 4.39.